The molecule has 0 radical (unpaired) electrons. The van der Waals surface area contributed by atoms with Crippen molar-refractivity contribution in [2.75, 3.05) is 26.9 Å². The molecule has 144 valence electrons. The zero-order valence-corrected chi connectivity index (χ0v) is 15.8. The number of para-hydroxylation sites is 1. The second-order valence-electron chi connectivity index (χ2n) is 6.82. The van der Waals surface area contributed by atoms with E-state index in [2.05, 4.69) is 0 Å². The van der Waals surface area contributed by atoms with Crippen molar-refractivity contribution >= 4 is 5.97 Å². The number of methoxy groups -OCH3 is 1. The Kier molecular flexibility index (Phi) is 5.74. The van der Waals surface area contributed by atoms with Crippen molar-refractivity contribution in [3.63, 3.8) is 0 Å². The molecular formula is C21H24O6. The molecule has 27 heavy (non-hydrogen) atoms. The Morgan fingerprint density at radius 2 is 1.78 bits per heavy atom. The minimum absolute atomic E-state index is 0.144. The van der Waals surface area contributed by atoms with E-state index in [0.717, 1.165) is 17.7 Å². The molecule has 2 aromatic carbocycles. The fourth-order valence-electron chi connectivity index (χ4n) is 2.87. The highest BCUT2D eigenvalue weighted by atomic mass is 16.6. The molecule has 6 heteroatoms. The molecule has 0 saturated carbocycles. The van der Waals surface area contributed by atoms with Gasteiger partial charge in [-0.3, -0.25) is 0 Å². The normalized spacial score (nSPS) is 14.0. The summed E-state index contributed by atoms with van der Waals surface area (Å²) in [4.78, 5) is 11.9. The van der Waals surface area contributed by atoms with Crippen LogP contribution in [-0.2, 0) is 16.0 Å². The van der Waals surface area contributed by atoms with Crippen molar-refractivity contribution in [2.45, 2.75) is 25.9 Å². The Bertz CT molecular complexity index is 782. The third kappa shape index (κ3) is 5.06. The van der Waals surface area contributed by atoms with Crippen molar-refractivity contribution < 1.29 is 28.5 Å². The van der Waals surface area contributed by atoms with Crippen LogP contribution in [0.4, 0.5) is 0 Å². The maximum atomic E-state index is 11.9. The van der Waals surface area contributed by atoms with Gasteiger partial charge < -0.3 is 23.7 Å². The summed E-state index contributed by atoms with van der Waals surface area (Å²) in [5.74, 6) is 2.25. The lowest BCUT2D eigenvalue weighted by molar-refractivity contribution is -0.146. The standard InChI is InChI=1S/C21H24O6/c1-21(2)13-15-5-4-6-18(20(15)27-21)26-14-19(22)25-12-11-24-17-9-7-16(23-3)8-10-17/h4-10H,11-14H2,1-3H3. The Morgan fingerprint density at radius 3 is 2.52 bits per heavy atom. The first-order valence-corrected chi connectivity index (χ1v) is 8.83. The Balaban J connectivity index is 1.40. The molecule has 0 aliphatic carbocycles. The smallest absolute Gasteiger partial charge is 0.344 e. The van der Waals surface area contributed by atoms with Crippen LogP contribution in [0.1, 0.15) is 19.4 Å². The lowest BCUT2D eigenvalue weighted by atomic mass is 10.0. The molecule has 3 rings (SSSR count). The van der Waals surface area contributed by atoms with Crippen LogP contribution in [-0.4, -0.2) is 38.5 Å². The maximum absolute atomic E-state index is 11.9. The Labute approximate surface area is 158 Å². The molecule has 0 spiro atoms. The molecule has 0 aromatic heterocycles. The number of rotatable bonds is 8. The van der Waals surface area contributed by atoms with Crippen LogP contribution in [0.15, 0.2) is 42.5 Å². The largest absolute Gasteiger partial charge is 0.497 e. The fourth-order valence-corrected chi connectivity index (χ4v) is 2.87. The van der Waals surface area contributed by atoms with Gasteiger partial charge in [-0.25, -0.2) is 4.79 Å². The predicted octanol–water partition coefficient (Wildman–Crippen LogP) is 3.41. The SMILES string of the molecule is COc1ccc(OCCOC(=O)COc2cccc3c2OC(C)(C)C3)cc1. The maximum Gasteiger partial charge on any atom is 0.344 e. The average Bonchev–Trinajstić information content (AvgIpc) is 2.98. The van der Waals surface area contributed by atoms with E-state index in [1.165, 1.54) is 0 Å². The van der Waals surface area contributed by atoms with Gasteiger partial charge in [-0.1, -0.05) is 12.1 Å². The molecule has 1 heterocycles. The van der Waals surface area contributed by atoms with Gasteiger partial charge in [0.15, 0.2) is 18.1 Å². The van der Waals surface area contributed by atoms with E-state index in [1.54, 1.807) is 37.4 Å². The van der Waals surface area contributed by atoms with E-state index in [4.69, 9.17) is 23.7 Å². The number of fused-ring (bicyclic) bond motifs is 1. The van der Waals surface area contributed by atoms with Crippen LogP contribution in [0.2, 0.25) is 0 Å². The lowest BCUT2D eigenvalue weighted by Crippen LogP contribution is -2.25. The molecule has 0 bridgehead atoms. The Morgan fingerprint density at radius 1 is 1.04 bits per heavy atom. The molecule has 0 unspecified atom stereocenters. The van der Waals surface area contributed by atoms with Crippen LogP contribution >= 0.6 is 0 Å². The molecular weight excluding hydrogens is 348 g/mol. The molecule has 0 fully saturated rings. The fraction of sp³-hybridized carbons (Fsp3) is 0.381. The zero-order valence-electron chi connectivity index (χ0n) is 15.8. The average molecular weight is 372 g/mol. The van der Waals surface area contributed by atoms with Crippen LogP contribution in [0.25, 0.3) is 0 Å². The molecule has 1 aliphatic heterocycles. The summed E-state index contributed by atoms with van der Waals surface area (Å²) in [6.45, 7) is 4.27. The van der Waals surface area contributed by atoms with Gasteiger partial charge >= 0.3 is 5.97 Å². The highest BCUT2D eigenvalue weighted by Crippen LogP contribution is 2.41. The van der Waals surface area contributed by atoms with Crippen molar-refractivity contribution in [1.29, 1.82) is 0 Å². The van der Waals surface area contributed by atoms with E-state index in [9.17, 15) is 4.79 Å². The third-order valence-corrected chi connectivity index (χ3v) is 4.08. The van der Waals surface area contributed by atoms with Crippen LogP contribution in [0.3, 0.4) is 0 Å². The topological polar surface area (TPSA) is 63.2 Å². The molecule has 0 saturated heterocycles. The van der Waals surface area contributed by atoms with Crippen molar-refractivity contribution in [3.8, 4) is 23.0 Å². The number of ether oxygens (including phenoxy) is 5. The minimum Gasteiger partial charge on any atom is -0.497 e. The van der Waals surface area contributed by atoms with Gasteiger partial charge in [-0.2, -0.15) is 0 Å². The van der Waals surface area contributed by atoms with E-state index >= 15 is 0 Å². The second kappa shape index (κ2) is 8.20. The predicted molar refractivity (Wildman–Crippen MR) is 99.8 cm³/mol. The first-order chi connectivity index (χ1) is 13.0. The van der Waals surface area contributed by atoms with Crippen molar-refractivity contribution in [3.05, 3.63) is 48.0 Å². The van der Waals surface area contributed by atoms with Crippen molar-refractivity contribution in [1.82, 2.24) is 0 Å². The van der Waals surface area contributed by atoms with Gasteiger partial charge in [0, 0.05) is 12.0 Å². The van der Waals surface area contributed by atoms with Crippen LogP contribution in [0.5, 0.6) is 23.0 Å². The third-order valence-electron chi connectivity index (χ3n) is 4.08. The number of benzene rings is 2. The minimum atomic E-state index is -0.455. The summed E-state index contributed by atoms with van der Waals surface area (Å²) in [6, 6.07) is 12.9. The van der Waals surface area contributed by atoms with Gasteiger partial charge in [-0.15, -0.1) is 0 Å². The number of hydrogen-bond acceptors (Lipinski definition) is 6. The number of carbonyl (C=O) groups is 1. The van der Waals surface area contributed by atoms with Crippen LogP contribution < -0.4 is 18.9 Å². The van der Waals surface area contributed by atoms with Crippen molar-refractivity contribution in [2.24, 2.45) is 0 Å². The molecule has 1 aliphatic rings. The number of hydrogen-bond donors (Lipinski definition) is 0. The van der Waals surface area contributed by atoms with E-state index in [-0.39, 0.29) is 25.4 Å². The quantitative estimate of drug-likeness (QED) is 0.523. The van der Waals surface area contributed by atoms with E-state index in [0.29, 0.717) is 17.2 Å². The van der Waals surface area contributed by atoms with Gasteiger partial charge in [0.05, 0.1) is 7.11 Å². The summed E-state index contributed by atoms with van der Waals surface area (Å²) in [5, 5.41) is 0. The molecule has 0 amide bonds. The number of carbonyl (C=O) groups excluding carboxylic acids is 1. The highest BCUT2D eigenvalue weighted by Gasteiger charge is 2.32. The summed E-state index contributed by atoms with van der Waals surface area (Å²) >= 11 is 0. The summed E-state index contributed by atoms with van der Waals surface area (Å²) < 4.78 is 27.2. The molecule has 6 nitrogen and oxygen atoms in total. The van der Waals surface area contributed by atoms with Gasteiger partial charge in [0.25, 0.3) is 0 Å². The summed E-state index contributed by atoms with van der Waals surface area (Å²) in [5.41, 5.74) is 0.819. The highest BCUT2D eigenvalue weighted by molar-refractivity contribution is 5.71. The lowest BCUT2D eigenvalue weighted by Gasteiger charge is -2.18. The van der Waals surface area contributed by atoms with Gasteiger partial charge in [0.1, 0.15) is 30.3 Å². The monoisotopic (exact) mass is 372 g/mol. The molecule has 2 aromatic rings. The molecule has 0 N–H and O–H groups in total. The van der Waals surface area contributed by atoms with Gasteiger partial charge in [0.2, 0.25) is 0 Å². The first kappa shape index (κ1) is 18.9. The van der Waals surface area contributed by atoms with Gasteiger partial charge in [-0.05, 0) is 44.2 Å². The molecule has 0 atom stereocenters. The van der Waals surface area contributed by atoms with E-state index in [1.807, 2.05) is 26.0 Å². The number of esters is 1. The van der Waals surface area contributed by atoms with Crippen LogP contribution in [0, 0.1) is 0 Å². The Hall–Kier alpha value is -2.89. The van der Waals surface area contributed by atoms with E-state index < -0.39 is 5.97 Å². The summed E-state index contributed by atoms with van der Waals surface area (Å²) in [7, 11) is 1.61. The summed E-state index contributed by atoms with van der Waals surface area (Å²) in [6.07, 6.45) is 0.812. The first-order valence-electron chi connectivity index (χ1n) is 8.83. The second-order valence-corrected chi connectivity index (χ2v) is 6.82. The zero-order chi connectivity index (χ0) is 19.3.